The zero-order valence-electron chi connectivity index (χ0n) is 9.53. The third kappa shape index (κ3) is 3.18. The quantitative estimate of drug-likeness (QED) is 0.643. The van der Waals surface area contributed by atoms with Crippen LogP contribution in [0.4, 0.5) is 0 Å². The topological polar surface area (TPSA) is 78.3 Å². The molecular weight excluding hydrogens is 220 g/mol. The second kappa shape index (κ2) is 5.65. The van der Waals surface area contributed by atoms with Crippen molar-refractivity contribution in [1.29, 1.82) is 0 Å². The number of aliphatic hydroxyl groups excluding tert-OH is 1. The van der Waals surface area contributed by atoms with Crippen LogP contribution in [-0.2, 0) is 6.42 Å². The van der Waals surface area contributed by atoms with Crippen molar-refractivity contribution in [3.8, 4) is 0 Å². The summed E-state index contributed by atoms with van der Waals surface area (Å²) in [7, 11) is 0. The number of H-pyrrole nitrogens is 1. The molecule has 17 heavy (non-hydrogen) atoms. The Hall–Kier alpha value is -1.59. The number of aliphatic hydroxyl groups is 1. The van der Waals surface area contributed by atoms with Crippen molar-refractivity contribution in [3.63, 3.8) is 0 Å². The highest BCUT2D eigenvalue weighted by atomic mass is 16.4. The molecule has 5 heteroatoms. The molecule has 0 bridgehead atoms. The van der Waals surface area contributed by atoms with Crippen LogP contribution >= 0.6 is 0 Å². The molecule has 5 nitrogen and oxygen atoms in total. The molecule has 0 aliphatic rings. The predicted molar refractivity (Wildman–Crippen MR) is 65.1 cm³/mol. The van der Waals surface area contributed by atoms with Gasteiger partial charge in [0.1, 0.15) is 0 Å². The van der Waals surface area contributed by atoms with Crippen LogP contribution in [0.3, 0.4) is 0 Å². The van der Waals surface area contributed by atoms with Crippen molar-refractivity contribution in [2.75, 3.05) is 19.7 Å². The van der Waals surface area contributed by atoms with Crippen molar-refractivity contribution in [1.82, 2.24) is 10.3 Å². The van der Waals surface area contributed by atoms with Gasteiger partial charge in [-0.3, -0.25) is 4.98 Å². The Kier molecular flexibility index (Phi) is 3.95. The normalized spacial score (nSPS) is 11.1. The first-order valence-electron chi connectivity index (χ1n) is 5.73. The molecule has 0 amide bonds. The van der Waals surface area contributed by atoms with Gasteiger partial charge in [0.15, 0.2) is 5.58 Å². The van der Waals surface area contributed by atoms with E-state index in [9.17, 15) is 4.79 Å². The molecule has 2 rings (SSSR count). The molecule has 0 saturated heterocycles. The standard InChI is InChI=1S/C12H16N2O3/c15-7-1-5-13-6-4-9-2-3-10-11(8-9)17-12(16)14-10/h2-3,8,13,15H,1,4-7H2,(H,14,16). The summed E-state index contributed by atoms with van der Waals surface area (Å²) in [6, 6.07) is 5.70. The molecule has 0 atom stereocenters. The maximum absolute atomic E-state index is 11.0. The van der Waals surface area contributed by atoms with E-state index in [2.05, 4.69) is 10.3 Å². The maximum Gasteiger partial charge on any atom is 0.417 e. The van der Waals surface area contributed by atoms with Crippen LogP contribution in [0.2, 0.25) is 0 Å². The highest BCUT2D eigenvalue weighted by Crippen LogP contribution is 2.12. The summed E-state index contributed by atoms with van der Waals surface area (Å²) in [4.78, 5) is 13.6. The predicted octanol–water partition coefficient (Wildman–Crippen LogP) is 0.636. The number of hydrogen-bond donors (Lipinski definition) is 3. The number of fused-ring (bicyclic) bond motifs is 1. The molecule has 0 saturated carbocycles. The minimum absolute atomic E-state index is 0.216. The van der Waals surface area contributed by atoms with Crippen molar-refractivity contribution in [2.45, 2.75) is 12.8 Å². The summed E-state index contributed by atoms with van der Waals surface area (Å²) >= 11 is 0. The summed E-state index contributed by atoms with van der Waals surface area (Å²) in [6.07, 6.45) is 1.64. The number of hydrogen-bond acceptors (Lipinski definition) is 4. The second-order valence-electron chi connectivity index (χ2n) is 3.92. The SMILES string of the molecule is O=c1[nH]c2ccc(CCNCCCO)cc2o1. The van der Waals surface area contributed by atoms with Gasteiger partial charge < -0.3 is 14.8 Å². The molecule has 92 valence electrons. The van der Waals surface area contributed by atoms with Crippen molar-refractivity contribution in [2.24, 2.45) is 0 Å². The van der Waals surface area contributed by atoms with E-state index in [1.165, 1.54) is 0 Å². The summed E-state index contributed by atoms with van der Waals surface area (Å²) in [5, 5.41) is 11.8. The van der Waals surface area contributed by atoms with Gasteiger partial charge in [0, 0.05) is 6.61 Å². The lowest BCUT2D eigenvalue weighted by molar-refractivity contribution is 0.286. The molecule has 1 aromatic heterocycles. The van der Waals surface area contributed by atoms with Crippen molar-refractivity contribution < 1.29 is 9.52 Å². The zero-order valence-corrected chi connectivity index (χ0v) is 9.53. The number of aromatic amines is 1. The first-order chi connectivity index (χ1) is 8.29. The van der Waals surface area contributed by atoms with Gasteiger partial charge >= 0.3 is 5.76 Å². The van der Waals surface area contributed by atoms with E-state index < -0.39 is 5.76 Å². The molecule has 0 unspecified atom stereocenters. The van der Waals surface area contributed by atoms with E-state index in [1.54, 1.807) is 0 Å². The Labute approximate surface area is 98.5 Å². The molecule has 3 N–H and O–H groups in total. The van der Waals surface area contributed by atoms with Crippen LogP contribution in [0.25, 0.3) is 11.1 Å². The number of rotatable bonds is 6. The Morgan fingerprint density at radius 3 is 3.06 bits per heavy atom. The van der Waals surface area contributed by atoms with E-state index >= 15 is 0 Å². The average Bonchev–Trinajstić information content (AvgIpc) is 2.68. The van der Waals surface area contributed by atoms with Gasteiger partial charge in [0.05, 0.1) is 5.52 Å². The van der Waals surface area contributed by atoms with Crippen LogP contribution in [0, 0.1) is 0 Å². The van der Waals surface area contributed by atoms with Crippen LogP contribution < -0.4 is 11.1 Å². The minimum Gasteiger partial charge on any atom is -0.408 e. The summed E-state index contributed by atoms with van der Waals surface area (Å²) in [6.45, 7) is 1.88. The Morgan fingerprint density at radius 1 is 1.35 bits per heavy atom. The van der Waals surface area contributed by atoms with E-state index in [1.807, 2.05) is 18.2 Å². The summed E-state index contributed by atoms with van der Waals surface area (Å²) in [5.41, 5.74) is 2.45. The van der Waals surface area contributed by atoms with Gasteiger partial charge in [-0.25, -0.2) is 4.79 Å². The van der Waals surface area contributed by atoms with E-state index in [4.69, 9.17) is 9.52 Å². The number of oxazole rings is 1. The molecule has 0 fully saturated rings. The van der Waals surface area contributed by atoms with Crippen LogP contribution in [0.5, 0.6) is 0 Å². The fraction of sp³-hybridized carbons (Fsp3) is 0.417. The van der Waals surface area contributed by atoms with Gasteiger partial charge in [-0.05, 0) is 43.6 Å². The molecule has 0 aliphatic carbocycles. The molecular formula is C12H16N2O3. The lowest BCUT2D eigenvalue weighted by atomic mass is 10.1. The fourth-order valence-electron chi connectivity index (χ4n) is 1.71. The highest BCUT2D eigenvalue weighted by molar-refractivity contribution is 5.72. The summed E-state index contributed by atoms with van der Waals surface area (Å²) < 4.78 is 4.99. The second-order valence-corrected chi connectivity index (χ2v) is 3.92. The molecule has 1 heterocycles. The van der Waals surface area contributed by atoms with Gasteiger partial charge in [-0.2, -0.15) is 0 Å². The van der Waals surface area contributed by atoms with Gasteiger partial charge in [0.2, 0.25) is 0 Å². The van der Waals surface area contributed by atoms with E-state index in [0.717, 1.165) is 37.0 Å². The van der Waals surface area contributed by atoms with Gasteiger partial charge in [0.25, 0.3) is 0 Å². The maximum atomic E-state index is 11.0. The minimum atomic E-state index is -0.418. The van der Waals surface area contributed by atoms with Gasteiger partial charge in [-0.1, -0.05) is 6.07 Å². The van der Waals surface area contributed by atoms with Crippen LogP contribution in [-0.4, -0.2) is 29.8 Å². The number of nitrogens with one attached hydrogen (secondary N) is 2. The lowest BCUT2D eigenvalue weighted by Crippen LogP contribution is -2.19. The Bertz CT molecular complexity index is 530. The smallest absolute Gasteiger partial charge is 0.408 e. The first-order valence-corrected chi connectivity index (χ1v) is 5.73. The van der Waals surface area contributed by atoms with Crippen molar-refractivity contribution >= 4 is 11.1 Å². The first kappa shape index (κ1) is 11.9. The Morgan fingerprint density at radius 2 is 2.24 bits per heavy atom. The number of aromatic nitrogens is 1. The van der Waals surface area contributed by atoms with E-state index in [-0.39, 0.29) is 6.61 Å². The highest BCUT2D eigenvalue weighted by Gasteiger charge is 2.01. The van der Waals surface area contributed by atoms with Crippen LogP contribution in [0.1, 0.15) is 12.0 Å². The molecule has 0 aliphatic heterocycles. The largest absolute Gasteiger partial charge is 0.417 e. The molecule has 0 radical (unpaired) electrons. The van der Waals surface area contributed by atoms with Gasteiger partial charge in [-0.15, -0.1) is 0 Å². The molecule has 2 aromatic rings. The molecule has 1 aromatic carbocycles. The number of benzene rings is 1. The third-order valence-electron chi connectivity index (χ3n) is 2.59. The fourth-order valence-corrected chi connectivity index (χ4v) is 1.71. The van der Waals surface area contributed by atoms with Crippen LogP contribution in [0.15, 0.2) is 27.4 Å². The summed E-state index contributed by atoms with van der Waals surface area (Å²) in [5.74, 6) is -0.418. The monoisotopic (exact) mass is 236 g/mol. The lowest BCUT2D eigenvalue weighted by Gasteiger charge is -2.03. The third-order valence-corrected chi connectivity index (χ3v) is 2.59. The molecule has 0 spiro atoms. The van der Waals surface area contributed by atoms with E-state index in [0.29, 0.717) is 5.58 Å². The Balaban J connectivity index is 1.92. The van der Waals surface area contributed by atoms with Crippen molar-refractivity contribution in [3.05, 3.63) is 34.3 Å². The zero-order chi connectivity index (χ0) is 12.1. The average molecular weight is 236 g/mol.